The minimum atomic E-state index is -0.0160. The lowest BCUT2D eigenvalue weighted by atomic mass is 10.00. The van der Waals surface area contributed by atoms with Crippen molar-refractivity contribution in [3.63, 3.8) is 0 Å². The van der Waals surface area contributed by atoms with E-state index in [1.54, 1.807) is 0 Å². The van der Waals surface area contributed by atoms with Crippen molar-refractivity contribution in [3.05, 3.63) is 42.0 Å². The van der Waals surface area contributed by atoms with Gasteiger partial charge in [-0.2, -0.15) is 0 Å². The van der Waals surface area contributed by atoms with Crippen LogP contribution in [-0.2, 0) is 9.59 Å². The molecule has 2 aliphatic heterocycles. The van der Waals surface area contributed by atoms with Gasteiger partial charge in [-0.15, -0.1) is 0 Å². The predicted octanol–water partition coefficient (Wildman–Crippen LogP) is 2.49. The summed E-state index contributed by atoms with van der Waals surface area (Å²) in [6, 6.07) is 10.3. The Hall–Kier alpha value is -2.14. The van der Waals surface area contributed by atoms with Gasteiger partial charge in [-0.25, -0.2) is 0 Å². The molecule has 0 aliphatic carbocycles. The molecule has 0 aromatic heterocycles. The Morgan fingerprint density at radius 1 is 1.00 bits per heavy atom. The van der Waals surface area contributed by atoms with Gasteiger partial charge in [0.15, 0.2) is 0 Å². The Labute approximate surface area is 162 Å². The van der Waals surface area contributed by atoms with Gasteiger partial charge in [-0.05, 0) is 24.3 Å². The van der Waals surface area contributed by atoms with E-state index < -0.39 is 0 Å². The van der Waals surface area contributed by atoms with Crippen LogP contribution in [0.1, 0.15) is 31.7 Å². The second-order valence-corrected chi connectivity index (χ2v) is 7.76. The summed E-state index contributed by atoms with van der Waals surface area (Å²) in [6.45, 7) is 7.81. The third-order valence-corrected chi connectivity index (χ3v) is 5.51. The van der Waals surface area contributed by atoms with Gasteiger partial charge >= 0.3 is 0 Å². The first kappa shape index (κ1) is 19.6. The molecule has 0 radical (unpaired) electrons. The number of carbonyl (C=O) groups excluding carboxylic acids is 2. The van der Waals surface area contributed by atoms with Gasteiger partial charge in [0.25, 0.3) is 0 Å². The zero-order valence-corrected chi connectivity index (χ0v) is 16.3. The Kier molecular flexibility index (Phi) is 7.04. The first-order valence-corrected chi connectivity index (χ1v) is 10.1. The highest BCUT2D eigenvalue weighted by molar-refractivity contribution is 5.97. The van der Waals surface area contributed by atoms with Crippen LogP contribution >= 0.6 is 0 Å². The number of hydrogen-bond donors (Lipinski definition) is 0. The van der Waals surface area contributed by atoms with E-state index in [-0.39, 0.29) is 18.2 Å². The number of hydrogen-bond acceptors (Lipinski definition) is 3. The second-order valence-electron chi connectivity index (χ2n) is 7.76. The number of carbonyl (C=O) groups is 2. The lowest BCUT2D eigenvalue weighted by Gasteiger charge is -2.35. The van der Waals surface area contributed by atoms with Crippen molar-refractivity contribution in [1.29, 1.82) is 0 Å². The Morgan fingerprint density at radius 2 is 1.70 bits per heavy atom. The molecule has 1 unspecified atom stereocenters. The minimum Gasteiger partial charge on any atom is -0.342 e. The molecule has 2 amide bonds. The Bertz CT molecular complexity index is 651. The number of benzene rings is 1. The maximum atomic E-state index is 12.5. The van der Waals surface area contributed by atoms with Gasteiger partial charge in [0, 0.05) is 45.8 Å². The lowest BCUT2D eigenvalue weighted by Crippen LogP contribution is -2.50. The number of piperidine rings is 1. The van der Waals surface area contributed by atoms with Crippen molar-refractivity contribution in [2.45, 2.75) is 26.2 Å². The molecule has 2 saturated heterocycles. The highest BCUT2D eigenvalue weighted by Gasteiger charge is 2.26. The largest absolute Gasteiger partial charge is 0.342 e. The summed E-state index contributed by atoms with van der Waals surface area (Å²) < 4.78 is 0. The molecule has 3 rings (SSSR count). The average Bonchev–Trinajstić information content (AvgIpc) is 2.69. The Morgan fingerprint density at radius 3 is 2.41 bits per heavy atom. The van der Waals surface area contributed by atoms with Crippen LogP contribution in [0.2, 0.25) is 0 Å². The number of rotatable bonds is 5. The lowest BCUT2D eigenvalue weighted by molar-refractivity contribution is -0.142. The molecule has 1 aromatic rings. The van der Waals surface area contributed by atoms with Crippen molar-refractivity contribution in [2.75, 3.05) is 45.8 Å². The molecule has 5 heteroatoms. The molecule has 0 N–H and O–H groups in total. The van der Waals surface area contributed by atoms with Crippen LogP contribution in [0.3, 0.4) is 0 Å². The molecule has 0 bridgehead atoms. The van der Waals surface area contributed by atoms with Crippen molar-refractivity contribution < 1.29 is 9.59 Å². The first-order chi connectivity index (χ1) is 13.1. The van der Waals surface area contributed by atoms with E-state index >= 15 is 0 Å². The third kappa shape index (κ3) is 5.93. The SMILES string of the molecule is CC1CCCN(C(=O)CC(=O)N2CCN(C/C=C/c3ccccc3)CC2)C1. The van der Waals surface area contributed by atoms with Gasteiger partial charge < -0.3 is 9.80 Å². The summed E-state index contributed by atoms with van der Waals surface area (Å²) in [7, 11) is 0. The van der Waals surface area contributed by atoms with E-state index in [0.717, 1.165) is 39.1 Å². The fourth-order valence-electron chi connectivity index (χ4n) is 3.85. The highest BCUT2D eigenvalue weighted by Crippen LogP contribution is 2.16. The zero-order valence-electron chi connectivity index (χ0n) is 16.3. The molecule has 2 heterocycles. The number of nitrogens with zero attached hydrogens (tertiary/aromatic N) is 3. The summed E-state index contributed by atoms with van der Waals surface area (Å²) in [6.07, 6.45) is 6.57. The molecule has 146 valence electrons. The molecule has 1 atom stereocenters. The quantitative estimate of drug-likeness (QED) is 0.749. The summed E-state index contributed by atoms with van der Waals surface area (Å²) in [4.78, 5) is 30.9. The van der Waals surface area contributed by atoms with E-state index in [1.807, 2.05) is 28.0 Å². The minimum absolute atomic E-state index is 0.000209. The molecular formula is C22H31N3O2. The van der Waals surface area contributed by atoms with E-state index in [1.165, 1.54) is 12.0 Å². The van der Waals surface area contributed by atoms with E-state index in [0.29, 0.717) is 19.0 Å². The maximum Gasteiger partial charge on any atom is 0.232 e. The fraction of sp³-hybridized carbons (Fsp3) is 0.545. The molecule has 2 aliphatic rings. The van der Waals surface area contributed by atoms with Crippen LogP contribution in [-0.4, -0.2) is 72.3 Å². The molecule has 0 saturated carbocycles. The second kappa shape index (κ2) is 9.70. The van der Waals surface area contributed by atoms with Crippen molar-refractivity contribution in [3.8, 4) is 0 Å². The van der Waals surface area contributed by atoms with E-state index in [9.17, 15) is 9.59 Å². The Balaban J connectivity index is 1.38. The van der Waals surface area contributed by atoms with Crippen LogP contribution in [0.4, 0.5) is 0 Å². The van der Waals surface area contributed by atoms with Gasteiger partial charge in [-0.3, -0.25) is 14.5 Å². The molecule has 27 heavy (non-hydrogen) atoms. The maximum absolute atomic E-state index is 12.5. The molecule has 2 fully saturated rings. The van der Waals surface area contributed by atoms with E-state index in [2.05, 4.69) is 36.1 Å². The summed E-state index contributed by atoms with van der Waals surface area (Å²) in [5.74, 6) is 0.530. The number of amides is 2. The van der Waals surface area contributed by atoms with Gasteiger partial charge in [-0.1, -0.05) is 49.4 Å². The van der Waals surface area contributed by atoms with Crippen molar-refractivity contribution >= 4 is 17.9 Å². The fourth-order valence-corrected chi connectivity index (χ4v) is 3.85. The smallest absolute Gasteiger partial charge is 0.232 e. The van der Waals surface area contributed by atoms with Crippen LogP contribution in [0.25, 0.3) is 6.08 Å². The van der Waals surface area contributed by atoms with Crippen LogP contribution < -0.4 is 0 Å². The summed E-state index contributed by atoms with van der Waals surface area (Å²) in [5.41, 5.74) is 1.21. The molecule has 5 nitrogen and oxygen atoms in total. The topological polar surface area (TPSA) is 43.9 Å². The van der Waals surface area contributed by atoms with Crippen LogP contribution in [0.5, 0.6) is 0 Å². The summed E-state index contributed by atoms with van der Waals surface area (Å²) in [5, 5.41) is 0. The molecule has 1 aromatic carbocycles. The standard InChI is InChI=1S/C22H31N3O2/c1-19-7-5-12-25(18-19)22(27)17-21(26)24-15-13-23(14-16-24)11-6-10-20-8-3-2-4-9-20/h2-4,6,8-10,19H,5,7,11-18H2,1H3/b10-6+. The van der Waals surface area contributed by atoms with Gasteiger partial charge in [0.2, 0.25) is 11.8 Å². The highest BCUT2D eigenvalue weighted by atomic mass is 16.2. The van der Waals surface area contributed by atoms with Crippen LogP contribution in [0, 0.1) is 5.92 Å². The monoisotopic (exact) mass is 369 g/mol. The first-order valence-electron chi connectivity index (χ1n) is 10.1. The van der Waals surface area contributed by atoms with Gasteiger partial charge in [0.05, 0.1) is 0 Å². The van der Waals surface area contributed by atoms with Gasteiger partial charge in [0.1, 0.15) is 6.42 Å². The molecule has 0 spiro atoms. The van der Waals surface area contributed by atoms with Crippen LogP contribution in [0.15, 0.2) is 36.4 Å². The zero-order chi connectivity index (χ0) is 19.1. The van der Waals surface area contributed by atoms with E-state index in [4.69, 9.17) is 0 Å². The summed E-state index contributed by atoms with van der Waals surface area (Å²) >= 11 is 0. The predicted molar refractivity (Wildman–Crippen MR) is 108 cm³/mol. The van der Waals surface area contributed by atoms with Crippen molar-refractivity contribution in [1.82, 2.24) is 14.7 Å². The van der Waals surface area contributed by atoms with Crippen molar-refractivity contribution in [2.24, 2.45) is 5.92 Å². The number of likely N-dealkylation sites (tertiary alicyclic amines) is 1. The average molecular weight is 370 g/mol. The number of piperazine rings is 1. The molecular weight excluding hydrogens is 338 g/mol. The third-order valence-electron chi connectivity index (χ3n) is 5.51. The normalized spacial score (nSPS) is 21.6.